The fourth-order valence-corrected chi connectivity index (χ4v) is 4.22. The van der Waals surface area contributed by atoms with Gasteiger partial charge in [-0.15, -0.1) is 0 Å². The summed E-state index contributed by atoms with van der Waals surface area (Å²) in [6.07, 6.45) is 3.86. The van der Waals surface area contributed by atoms with Crippen molar-refractivity contribution in [1.82, 2.24) is 15.0 Å². The molecule has 31 heavy (non-hydrogen) atoms. The van der Waals surface area contributed by atoms with E-state index in [1.165, 1.54) is 7.11 Å². The smallest absolute Gasteiger partial charge is 0.250 e. The number of ether oxygens (including phenoxy) is 2. The number of benzene rings is 1. The van der Waals surface area contributed by atoms with Crippen LogP contribution in [0.4, 0.5) is 17.8 Å². The zero-order chi connectivity index (χ0) is 21.8. The molecule has 10 nitrogen and oxygen atoms in total. The van der Waals surface area contributed by atoms with Crippen LogP contribution in [0.15, 0.2) is 20.1 Å². The first-order valence-electron chi connectivity index (χ1n) is 9.94. The minimum absolute atomic E-state index is 0.0161. The van der Waals surface area contributed by atoms with Gasteiger partial charge >= 0.3 is 0 Å². The van der Waals surface area contributed by atoms with Crippen LogP contribution < -0.4 is 20.0 Å². The van der Waals surface area contributed by atoms with Gasteiger partial charge in [0.1, 0.15) is 0 Å². The number of phenols is 1. The van der Waals surface area contributed by atoms with Gasteiger partial charge in [0.15, 0.2) is 11.5 Å². The number of hydrazone groups is 1. The number of hydrogen-bond acceptors (Lipinski definition) is 10. The monoisotopic (exact) mass is 555 g/mol. The van der Waals surface area contributed by atoms with E-state index in [1.54, 1.807) is 12.3 Å². The van der Waals surface area contributed by atoms with Crippen molar-refractivity contribution in [3.05, 3.63) is 20.6 Å². The first-order chi connectivity index (χ1) is 15.1. The molecule has 0 amide bonds. The van der Waals surface area contributed by atoms with Gasteiger partial charge in [-0.2, -0.15) is 20.1 Å². The Hall–Kier alpha value is -2.18. The summed E-state index contributed by atoms with van der Waals surface area (Å²) in [5.41, 5.74) is 3.62. The van der Waals surface area contributed by atoms with Crippen molar-refractivity contribution in [1.29, 1.82) is 0 Å². The zero-order valence-electron chi connectivity index (χ0n) is 17.0. The second-order valence-electron chi connectivity index (χ2n) is 7.07. The van der Waals surface area contributed by atoms with Crippen LogP contribution in [0, 0.1) is 0 Å². The predicted molar refractivity (Wildman–Crippen MR) is 126 cm³/mol. The fraction of sp³-hybridized carbons (Fsp3) is 0.474. The summed E-state index contributed by atoms with van der Waals surface area (Å²) >= 11 is 6.80. The van der Waals surface area contributed by atoms with Gasteiger partial charge in [0.25, 0.3) is 0 Å². The lowest BCUT2D eigenvalue weighted by Gasteiger charge is -2.27. The highest BCUT2D eigenvalue weighted by Crippen LogP contribution is 2.41. The summed E-state index contributed by atoms with van der Waals surface area (Å²) in [6, 6.07) is 1.68. The van der Waals surface area contributed by atoms with Gasteiger partial charge in [-0.05, 0) is 50.8 Å². The maximum absolute atomic E-state index is 10.1. The van der Waals surface area contributed by atoms with Crippen LogP contribution in [0.3, 0.4) is 0 Å². The van der Waals surface area contributed by atoms with Gasteiger partial charge in [0.2, 0.25) is 17.8 Å². The van der Waals surface area contributed by atoms with Crippen LogP contribution in [0.2, 0.25) is 0 Å². The molecular weight excluding hydrogens is 534 g/mol. The van der Waals surface area contributed by atoms with Gasteiger partial charge in [0, 0.05) is 36.2 Å². The Morgan fingerprint density at radius 1 is 1.06 bits per heavy atom. The molecule has 2 aromatic rings. The summed E-state index contributed by atoms with van der Waals surface area (Å²) in [5.74, 6) is 2.00. The molecule has 0 spiro atoms. The van der Waals surface area contributed by atoms with Crippen molar-refractivity contribution in [3.8, 4) is 11.5 Å². The third kappa shape index (κ3) is 5.01. The highest BCUT2D eigenvalue weighted by atomic mass is 79.9. The molecule has 1 aromatic carbocycles. The van der Waals surface area contributed by atoms with Gasteiger partial charge in [-0.3, -0.25) is 0 Å². The van der Waals surface area contributed by atoms with Crippen LogP contribution in [0.25, 0.3) is 0 Å². The summed E-state index contributed by atoms with van der Waals surface area (Å²) in [6.45, 7) is 4.64. The summed E-state index contributed by atoms with van der Waals surface area (Å²) in [7, 11) is 1.49. The lowest BCUT2D eigenvalue weighted by Crippen LogP contribution is -2.38. The molecule has 12 heteroatoms. The number of nitrogens with one attached hydrogen (secondary N) is 1. The summed E-state index contributed by atoms with van der Waals surface area (Å²) < 4.78 is 11.8. The molecule has 4 rings (SSSR count). The van der Waals surface area contributed by atoms with E-state index in [9.17, 15) is 5.11 Å². The molecule has 0 atom stereocenters. The second-order valence-corrected chi connectivity index (χ2v) is 8.65. The minimum Gasteiger partial charge on any atom is -0.503 e. The van der Waals surface area contributed by atoms with E-state index in [2.05, 4.69) is 67.1 Å². The molecule has 2 aliphatic heterocycles. The number of halogens is 2. The summed E-state index contributed by atoms with van der Waals surface area (Å²) in [4.78, 5) is 18.1. The van der Waals surface area contributed by atoms with Gasteiger partial charge in [-0.25, -0.2) is 5.43 Å². The molecular formula is C19H23Br2N7O3. The lowest BCUT2D eigenvalue weighted by atomic mass is 10.2. The van der Waals surface area contributed by atoms with E-state index >= 15 is 0 Å². The van der Waals surface area contributed by atoms with Crippen LogP contribution in [-0.4, -0.2) is 72.8 Å². The minimum atomic E-state index is 0.0161. The van der Waals surface area contributed by atoms with Crippen molar-refractivity contribution in [3.63, 3.8) is 0 Å². The van der Waals surface area contributed by atoms with Crippen LogP contribution >= 0.6 is 31.9 Å². The van der Waals surface area contributed by atoms with Crippen LogP contribution in [0.5, 0.6) is 11.5 Å². The average molecular weight is 557 g/mol. The Morgan fingerprint density at radius 2 is 1.71 bits per heavy atom. The third-order valence-electron chi connectivity index (χ3n) is 5.06. The first kappa shape index (κ1) is 22.0. The first-order valence-corrected chi connectivity index (χ1v) is 11.5. The van der Waals surface area contributed by atoms with Crippen molar-refractivity contribution < 1.29 is 14.6 Å². The average Bonchev–Trinajstić information content (AvgIpc) is 3.35. The van der Waals surface area contributed by atoms with E-state index in [1.807, 2.05) is 0 Å². The topological polar surface area (TPSA) is 108 Å². The molecule has 3 heterocycles. The Balaban J connectivity index is 1.59. The van der Waals surface area contributed by atoms with Crippen molar-refractivity contribution in [2.24, 2.45) is 5.10 Å². The number of nitrogens with zero attached hydrogens (tertiary/aromatic N) is 6. The number of anilines is 3. The normalized spacial score (nSPS) is 16.9. The molecule has 2 fully saturated rings. The highest BCUT2D eigenvalue weighted by molar-refractivity contribution is 9.13. The van der Waals surface area contributed by atoms with Crippen LogP contribution in [0.1, 0.15) is 18.4 Å². The quantitative estimate of drug-likeness (QED) is 0.410. The van der Waals surface area contributed by atoms with Crippen LogP contribution in [-0.2, 0) is 4.74 Å². The molecule has 1 aromatic heterocycles. The molecule has 166 valence electrons. The van der Waals surface area contributed by atoms with E-state index in [0.717, 1.165) is 39.0 Å². The van der Waals surface area contributed by atoms with Gasteiger partial charge in [0.05, 0.1) is 31.0 Å². The van der Waals surface area contributed by atoms with E-state index in [0.29, 0.717) is 51.3 Å². The van der Waals surface area contributed by atoms with Gasteiger partial charge in [-0.1, -0.05) is 0 Å². The lowest BCUT2D eigenvalue weighted by molar-refractivity contribution is 0.122. The van der Waals surface area contributed by atoms with E-state index in [-0.39, 0.29) is 5.75 Å². The molecule has 0 radical (unpaired) electrons. The fourth-order valence-electron chi connectivity index (χ4n) is 3.39. The SMILES string of the molecule is COc1cc(C=NNc2nc(N3CCCC3)nc(N3CCOCC3)n2)c(Br)c(Br)c1O. The third-order valence-corrected chi connectivity index (χ3v) is 7.22. The Bertz CT molecular complexity index is 964. The Morgan fingerprint density at radius 3 is 2.35 bits per heavy atom. The molecule has 2 aliphatic rings. The molecule has 0 aliphatic carbocycles. The number of methoxy groups -OCH3 is 1. The zero-order valence-corrected chi connectivity index (χ0v) is 20.2. The maximum Gasteiger partial charge on any atom is 0.250 e. The van der Waals surface area contributed by atoms with E-state index in [4.69, 9.17) is 9.47 Å². The Kier molecular flexibility index (Phi) is 7.08. The number of phenolic OH excluding ortho intramolecular Hbond substituents is 1. The molecule has 2 saturated heterocycles. The van der Waals surface area contributed by atoms with Gasteiger partial charge < -0.3 is 24.4 Å². The predicted octanol–water partition coefficient (Wildman–Crippen LogP) is 2.99. The second kappa shape index (κ2) is 9.96. The molecule has 0 saturated carbocycles. The number of aromatic hydroxyl groups is 1. The Labute approximate surface area is 196 Å². The molecule has 0 bridgehead atoms. The number of hydrogen-bond donors (Lipinski definition) is 2. The van der Waals surface area contributed by atoms with Crippen molar-refractivity contribution in [2.45, 2.75) is 12.8 Å². The summed E-state index contributed by atoms with van der Waals surface area (Å²) in [5, 5.41) is 14.4. The maximum atomic E-state index is 10.1. The number of rotatable bonds is 6. The van der Waals surface area contributed by atoms with E-state index < -0.39 is 0 Å². The largest absolute Gasteiger partial charge is 0.503 e. The highest BCUT2D eigenvalue weighted by Gasteiger charge is 2.21. The van der Waals surface area contributed by atoms with Crippen molar-refractivity contribution >= 4 is 55.9 Å². The number of morpholine rings is 1. The van der Waals surface area contributed by atoms with Crippen molar-refractivity contribution in [2.75, 3.05) is 61.7 Å². The molecule has 0 unspecified atom stereocenters. The number of aromatic nitrogens is 3. The standard InChI is InChI=1S/C19H23Br2N7O3/c1-30-13-10-12(14(20)15(21)16(13)29)11-22-26-17-23-18(27-4-2-3-5-27)25-19(24-17)28-6-8-31-9-7-28/h10-11,29H,2-9H2,1H3,(H,23,24,25,26). The molecule has 2 N–H and O–H groups in total.